The molecule has 0 bridgehead atoms. The zero-order chi connectivity index (χ0) is 11.8. The maximum Gasteiger partial charge on any atom is 0.274 e. The van der Waals surface area contributed by atoms with Crippen LogP contribution in [0.25, 0.3) is 0 Å². The van der Waals surface area contributed by atoms with Crippen molar-refractivity contribution < 1.29 is 14.6 Å². The Labute approximate surface area is 98.2 Å². The van der Waals surface area contributed by atoms with Crippen LogP contribution in [0.3, 0.4) is 0 Å². The highest BCUT2D eigenvalue weighted by Gasteiger charge is 2.41. The smallest absolute Gasteiger partial charge is 0.274 e. The van der Waals surface area contributed by atoms with E-state index in [1.807, 2.05) is 4.90 Å². The monoisotopic (exact) mass is 238 g/mol. The van der Waals surface area contributed by atoms with E-state index >= 15 is 0 Å². The fraction of sp³-hybridized carbons (Fsp3) is 0.700. The average molecular weight is 238 g/mol. The van der Waals surface area contributed by atoms with Crippen molar-refractivity contribution in [3.05, 3.63) is 0 Å². The van der Waals surface area contributed by atoms with Crippen LogP contribution < -0.4 is 5.32 Å². The number of hydrogen-bond acceptors (Lipinski definition) is 6. The van der Waals surface area contributed by atoms with Crippen molar-refractivity contribution in [1.29, 1.82) is 0 Å². The summed E-state index contributed by atoms with van der Waals surface area (Å²) in [5, 5.41) is 11.6. The predicted molar refractivity (Wildman–Crippen MR) is 59.5 cm³/mol. The Bertz CT molecular complexity index is 395. The van der Waals surface area contributed by atoms with E-state index < -0.39 is 0 Å². The Kier molecular flexibility index (Phi) is 2.65. The van der Waals surface area contributed by atoms with Gasteiger partial charge in [-0.05, 0) is 12.8 Å². The number of carbonyl (C=O) groups is 1. The van der Waals surface area contributed by atoms with Gasteiger partial charge in [-0.25, -0.2) is 9.89 Å². The molecule has 92 valence electrons. The molecule has 0 radical (unpaired) electrons. The first-order valence-electron chi connectivity index (χ1n) is 5.68. The maximum absolute atomic E-state index is 11.5. The summed E-state index contributed by atoms with van der Waals surface area (Å²) in [4.78, 5) is 21.9. The molecule has 17 heavy (non-hydrogen) atoms. The minimum absolute atomic E-state index is 0.0342. The van der Waals surface area contributed by atoms with Gasteiger partial charge in [-0.3, -0.25) is 9.79 Å². The second-order valence-electron chi connectivity index (χ2n) is 4.30. The van der Waals surface area contributed by atoms with Crippen molar-refractivity contribution in [1.82, 2.24) is 10.2 Å². The molecule has 0 saturated carbocycles. The summed E-state index contributed by atoms with van der Waals surface area (Å²) in [7, 11) is 0. The molecule has 7 heteroatoms. The van der Waals surface area contributed by atoms with Crippen LogP contribution in [0.4, 0.5) is 0 Å². The quantitative estimate of drug-likeness (QED) is 0.625. The third-order valence-electron chi connectivity index (χ3n) is 3.27. The molecule has 0 aromatic carbocycles. The Morgan fingerprint density at radius 3 is 3.24 bits per heavy atom. The number of amides is 1. The van der Waals surface area contributed by atoms with Crippen LogP contribution in [0.5, 0.6) is 0 Å². The van der Waals surface area contributed by atoms with Crippen molar-refractivity contribution in [3.63, 3.8) is 0 Å². The number of rotatable bonds is 2. The van der Waals surface area contributed by atoms with Gasteiger partial charge in [0.25, 0.3) is 5.91 Å². The van der Waals surface area contributed by atoms with E-state index in [2.05, 4.69) is 15.3 Å². The van der Waals surface area contributed by atoms with E-state index in [4.69, 9.17) is 9.84 Å². The fourth-order valence-electron chi connectivity index (χ4n) is 2.37. The first-order chi connectivity index (χ1) is 8.29. The van der Waals surface area contributed by atoms with E-state index in [1.54, 1.807) is 0 Å². The highest BCUT2D eigenvalue weighted by atomic mass is 16.5. The van der Waals surface area contributed by atoms with Crippen molar-refractivity contribution in [3.8, 4) is 0 Å². The van der Waals surface area contributed by atoms with Gasteiger partial charge in [0.1, 0.15) is 11.9 Å². The topological polar surface area (TPSA) is 86.5 Å². The number of hydrogen-bond donors (Lipinski definition) is 2. The van der Waals surface area contributed by atoms with Gasteiger partial charge < -0.3 is 15.2 Å². The third kappa shape index (κ3) is 1.76. The SMILES string of the molecule is O=C1NC=NC2C1=NCN2[C@H]1CC[C@@H](CO)O1. The molecule has 2 N–H and O–H groups in total. The summed E-state index contributed by atoms with van der Waals surface area (Å²) in [6, 6.07) is 0. The minimum atomic E-state index is -0.328. The van der Waals surface area contributed by atoms with E-state index in [-0.39, 0.29) is 31.0 Å². The van der Waals surface area contributed by atoms with Gasteiger partial charge >= 0.3 is 0 Å². The number of aliphatic hydroxyl groups is 1. The second kappa shape index (κ2) is 4.17. The number of aliphatic imine (C=N–C) groups is 2. The number of nitrogens with one attached hydrogen (secondary N) is 1. The summed E-state index contributed by atoms with van der Waals surface area (Å²) in [6.07, 6.45) is 2.53. The van der Waals surface area contributed by atoms with Crippen molar-refractivity contribution in [2.24, 2.45) is 9.98 Å². The van der Waals surface area contributed by atoms with E-state index in [0.29, 0.717) is 12.4 Å². The van der Waals surface area contributed by atoms with Gasteiger partial charge in [0, 0.05) is 0 Å². The Hall–Kier alpha value is -1.31. The zero-order valence-corrected chi connectivity index (χ0v) is 9.24. The number of ether oxygens (including phenoxy) is 1. The van der Waals surface area contributed by atoms with Gasteiger partial charge in [-0.2, -0.15) is 0 Å². The molecule has 7 nitrogen and oxygen atoms in total. The van der Waals surface area contributed by atoms with Crippen LogP contribution in [0.2, 0.25) is 0 Å². The van der Waals surface area contributed by atoms with Crippen LogP contribution in [0.15, 0.2) is 9.98 Å². The number of aliphatic hydroxyl groups excluding tert-OH is 1. The molecule has 0 aromatic heterocycles. The first kappa shape index (κ1) is 10.8. The molecule has 3 aliphatic rings. The molecule has 1 amide bonds. The van der Waals surface area contributed by atoms with Crippen molar-refractivity contribution in [2.45, 2.75) is 31.3 Å². The molecule has 0 spiro atoms. The van der Waals surface area contributed by atoms with Crippen molar-refractivity contribution >= 4 is 18.0 Å². The van der Waals surface area contributed by atoms with Crippen LogP contribution in [0, 0.1) is 0 Å². The lowest BCUT2D eigenvalue weighted by atomic mass is 10.2. The molecular weight excluding hydrogens is 224 g/mol. The maximum atomic E-state index is 11.5. The lowest BCUT2D eigenvalue weighted by Crippen LogP contribution is -2.49. The molecular formula is C10H14N4O3. The summed E-state index contributed by atoms with van der Waals surface area (Å²) >= 11 is 0. The minimum Gasteiger partial charge on any atom is -0.394 e. The van der Waals surface area contributed by atoms with Crippen LogP contribution in [-0.4, -0.2) is 59.7 Å². The highest BCUT2D eigenvalue weighted by Crippen LogP contribution is 2.27. The van der Waals surface area contributed by atoms with Gasteiger partial charge in [0.2, 0.25) is 0 Å². The molecule has 3 atom stereocenters. The molecule has 1 unspecified atom stereocenters. The van der Waals surface area contributed by atoms with E-state index in [1.165, 1.54) is 6.34 Å². The standard InChI is InChI=1S/C10H14N4O3/c15-3-6-1-2-7(17-6)14-5-13-8-9(14)11-4-12-10(8)16/h4,6-7,9,15H,1-3,5H2,(H,11,12,16)/t6-,7+,9?/m0/s1. The molecule has 3 aliphatic heterocycles. The van der Waals surface area contributed by atoms with Crippen LogP contribution >= 0.6 is 0 Å². The second-order valence-corrected chi connectivity index (χ2v) is 4.30. The Balaban J connectivity index is 1.73. The van der Waals surface area contributed by atoms with Gasteiger partial charge in [-0.1, -0.05) is 0 Å². The Morgan fingerprint density at radius 1 is 1.59 bits per heavy atom. The van der Waals surface area contributed by atoms with Crippen molar-refractivity contribution in [2.75, 3.05) is 13.3 Å². The summed E-state index contributed by atoms with van der Waals surface area (Å²) < 4.78 is 5.68. The normalized spacial score (nSPS) is 36.9. The Morgan fingerprint density at radius 2 is 2.47 bits per heavy atom. The van der Waals surface area contributed by atoms with Gasteiger partial charge in [0.15, 0.2) is 6.17 Å². The third-order valence-corrected chi connectivity index (χ3v) is 3.27. The van der Waals surface area contributed by atoms with Crippen LogP contribution in [-0.2, 0) is 9.53 Å². The average Bonchev–Trinajstić information content (AvgIpc) is 2.94. The molecule has 1 saturated heterocycles. The largest absolute Gasteiger partial charge is 0.394 e. The van der Waals surface area contributed by atoms with Gasteiger partial charge in [0.05, 0.1) is 25.7 Å². The number of fused-ring (bicyclic) bond motifs is 1. The summed E-state index contributed by atoms with van der Waals surface area (Å²) in [5.41, 5.74) is 0.448. The first-order valence-corrected chi connectivity index (χ1v) is 5.68. The molecule has 3 heterocycles. The summed E-state index contributed by atoms with van der Waals surface area (Å²) in [6.45, 7) is 0.458. The molecule has 0 aromatic rings. The number of carbonyl (C=O) groups excluding carboxylic acids is 1. The van der Waals surface area contributed by atoms with E-state index in [9.17, 15) is 4.79 Å². The summed E-state index contributed by atoms with van der Waals surface area (Å²) in [5.74, 6) is -0.191. The predicted octanol–water partition coefficient (Wildman–Crippen LogP) is -1.32. The van der Waals surface area contributed by atoms with Crippen LogP contribution in [0.1, 0.15) is 12.8 Å². The molecule has 3 rings (SSSR count). The lowest BCUT2D eigenvalue weighted by Gasteiger charge is -2.28. The lowest BCUT2D eigenvalue weighted by molar-refractivity contribution is -0.114. The number of nitrogens with zero attached hydrogens (tertiary/aromatic N) is 3. The van der Waals surface area contributed by atoms with E-state index in [0.717, 1.165) is 12.8 Å². The van der Waals surface area contributed by atoms with Gasteiger partial charge in [-0.15, -0.1) is 0 Å². The highest BCUT2D eigenvalue weighted by molar-refractivity contribution is 6.43. The molecule has 0 aliphatic carbocycles. The zero-order valence-electron chi connectivity index (χ0n) is 9.24. The fourth-order valence-corrected chi connectivity index (χ4v) is 2.37. The molecule has 1 fully saturated rings.